The number of nitrogens with zero attached hydrogens (tertiary/aromatic N) is 1. The Kier molecular flexibility index (Phi) is 7.38. The van der Waals surface area contributed by atoms with Gasteiger partial charge in [-0.1, -0.05) is 54.6 Å². The molecule has 4 N–H and O–H groups in total. The molecule has 1 aromatic heterocycles. The lowest BCUT2D eigenvalue weighted by Gasteiger charge is -2.38. The fourth-order valence-corrected chi connectivity index (χ4v) is 5.69. The maximum Gasteiger partial charge on any atom is 0.225 e. The molecule has 3 aromatic rings. The van der Waals surface area contributed by atoms with Crippen molar-refractivity contribution in [2.24, 2.45) is 11.7 Å². The smallest absolute Gasteiger partial charge is 0.225 e. The van der Waals surface area contributed by atoms with Gasteiger partial charge < -0.3 is 16.4 Å². The van der Waals surface area contributed by atoms with Gasteiger partial charge in [0.15, 0.2) is 0 Å². The van der Waals surface area contributed by atoms with Crippen LogP contribution in [0.25, 0.3) is 22.3 Å². The third-order valence-corrected chi connectivity index (χ3v) is 8.00. The lowest BCUT2D eigenvalue weighted by Crippen LogP contribution is -2.43. The van der Waals surface area contributed by atoms with E-state index in [1.807, 2.05) is 30.5 Å². The number of pyridine rings is 1. The van der Waals surface area contributed by atoms with Crippen molar-refractivity contribution < 1.29 is 9.59 Å². The topological polar surface area (TPSA) is 97.1 Å². The summed E-state index contributed by atoms with van der Waals surface area (Å²) >= 11 is 0. The maximum atomic E-state index is 12.9. The average Bonchev–Trinajstić information content (AvgIpc) is 2.89. The van der Waals surface area contributed by atoms with Gasteiger partial charge in [0.1, 0.15) is 5.82 Å². The molecule has 0 bridgehead atoms. The summed E-state index contributed by atoms with van der Waals surface area (Å²) in [6.07, 6.45) is 9.32. The van der Waals surface area contributed by atoms with E-state index in [4.69, 9.17) is 5.73 Å². The summed E-state index contributed by atoms with van der Waals surface area (Å²) in [5.41, 5.74) is 11.7. The second-order valence-corrected chi connectivity index (χ2v) is 10.7. The monoisotopic (exact) mass is 496 g/mol. The Morgan fingerprint density at radius 3 is 2.24 bits per heavy atom. The number of aromatic nitrogens is 1. The van der Waals surface area contributed by atoms with Crippen molar-refractivity contribution in [2.45, 2.75) is 69.9 Å². The van der Waals surface area contributed by atoms with E-state index < -0.39 is 0 Å². The highest BCUT2D eigenvalue weighted by atomic mass is 16.2. The highest BCUT2D eigenvalue weighted by Crippen LogP contribution is 2.40. The van der Waals surface area contributed by atoms with Crippen LogP contribution in [0.15, 0.2) is 66.9 Å². The van der Waals surface area contributed by atoms with Gasteiger partial charge in [0.05, 0.1) is 0 Å². The fraction of sp³-hybridized carbons (Fsp3) is 0.387. The predicted octanol–water partition coefficient (Wildman–Crippen LogP) is 5.78. The van der Waals surface area contributed by atoms with Gasteiger partial charge in [-0.05, 0) is 79.2 Å². The van der Waals surface area contributed by atoms with Crippen LogP contribution >= 0.6 is 0 Å². The Morgan fingerprint density at radius 1 is 0.946 bits per heavy atom. The van der Waals surface area contributed by atoms with Crippen LogP contribution in [0.3, 0.4) is 0 Å². The summed E-state index contributed by atoms with van der Waals surface area (Å²) in [6, 6.07) is 20.9. The zero-order valence-corrected chi connectivity index (χ0v) is 21.5. The van der Waals surface area contributed by atoms with Crippen molar-refractivity contribution in [2.75, 3.05) is 5.32 Å². The standard InChI is InChI=1S/C31H36N4O2/c1-21(36)34-26-14-8-22(9-15-26)18-30(37)35-29-19-27(23-6-3-2-4-7-23)28(20-33-29)24-10-12-25(13-11-24)31(32)16-5-17-31/h2-4,6-7,10-13,19-20,22,26H,5,8-9,14-18,32H2,1H3,(H,34,36)(H,33,35,37). The fourth-order valence-electron chi connectivity index (χ4n) is 5.69. The number of carbonyl (C=O) groups excluding carboxylic acids is 2. The molecule has 6 nitrogen and oxygen atoms in total. The van der Waals surface area contributed by atoms with Crippen LogP contribution < -0.4 is 16.4 Å². The summed E-state index contributed by atoms with van der Waals surface area (Å²) in [7, 11) is 0. The zero-order valence-electron chi connectivity index (χ0n) is 21.5. The number of rotatable bonds is 7. The number of hydrogen-bond donors (Lipinski definition) is 3. The first kappa shape index (κ1) is 25.2. The number of nitrogens with two attached hydrogens (primary N) is 1. The molecule has 0 radical (unpaired) electrons. The Morgan fingerprint density at radius 2 is 1.62 bits per heavy atom. The lowest BCUT2D eigenvalue weighted by atomic mass is 9.72. The number of carbonyl (C=O) groups is 2. The van der Waals surface area contributed by atoms with Crippen LogP contribution in [0.1, 0.15) is 63.9 Å². The summed E-state index contributed by atoms with van der Waals surface area (Å²) in [5, 5.41) is 6.03. The summed E-state index contributed by atoms with van der Waals surface area (Å²) in [6.45, 7) is 1.56. The highest BCUT2D eigenvalue weighted by Gasteiger charge is 2.34. The van der Waals surface area contributed by atoms with Crippen molar-refractivity contribution >= 4 is 17.6 Å². The minimum atomic E-state index is -0.184. The van der Waals surface area contributed by atoms with Gasteiger partial charge in [0.25, 0.3) is 0 Å². The first-order chi connectivity index (χ1) is 17.9. The molecule has 0 aliphatic heterocycles. The molecule has 192 valence electrons. The molecule has 2 fully saturated rings. The molecule has 2 amide bonds. The molecule has 5 rings (SSSR count). The normalized spacial score (nSPS) is 20.5. The number of hydrogen-bond acceptors (Lipinski definition) is 4. The van der Waals surface area contributed by atoms with E-state index >= 15 is 0 Å². The van der Waals surface area contributed by atoms with E-state index in [0.717, 1.165) is 60.8 Å². The molecule has 0 spiro atoms. The second-order valence-electron chi connectivity index (χ2n) is 10.7. The van der Waals surface area contributed by atoms with Gasteiger partial charge in [-0.15, -0.1) is 0 Å². The molecule has 6 heteroatoms. The molecule has 2 aliphatic carbocycles. The minimum absolute atomic E-state index is 0.0136. The minimum Gasteiger partial charge on any atom is -0.354 e. The van der Waals surface area contributed by atoms with E-state index in [-0.39, 0.29) is 23.4 Å². The number of nitrogens with one attached hydrogen (secondary N) is 2. The van der Waals surface area contributed by atoms with Crippen LogP contribution in [-0.4, -0.2) is 22.8 Å². The van der Waals surface area contributed by atoms with Crippen LogP contribution in [0.5, 0.6) is 0 Å². The van der Waals surface area contributed by atoms with Crippen molar-refractivity contribution in [1.29, 1.82) is 0 Å². The van der Waals surface area contributed by atoms with Gasteiger partial charge in [0, 0.05) is 36.7 Å². The predicted molar refractivity (Wildman–Crippen MR) is 148 cm³/mol. The molecule has 1 heterocycles. The highest BCUT2D eigenvalue weighted by molar-refractivity contribution is 5.92. The van der Waals surface area contributed by atoms with Crippen molar-refractivity contribution in [1.82, 2.24) is 10.3 Å². The van der Waals surface area contributed by atoms with E-state index in [1.165, 1.54) is 12.0 Å². The molecule has 0 unspecified atom stereocenters. The van der Waals surface area contributed by atoms with Crippen LogP contribution in [0, 0.1) is 5.92 Å². The first-order valence-electron chi connectivity index (χ1n) is 13.4. The van der Waals surface area contributed by atoms with Crippen molar-refractivity contribution in [3.05, 3.63) is 72.4 Å². The van der Waals surface area contributed by atoms with E-state index in [0.29, 0.717) is 18.2 Å². The third kappa shape index (κ3) is 5.91. The SMILES string of the molecule is CC(=O)NC1CCC(CC(=O)Nc2cc(-c3ccccc3)c(-c3ccc(C4(N)CCC4)cc3)cn2)CC1. The molecule has 2 aliphatic rings. The molecule has 0 atom stereocenters. The van der Waals surface area contributed by atoms with Gasteiger partial charge in [-0.25, -0.2) is 4.98 Å². The van der Waals surface area contributed by atoms with Crippen molar-refractivity contribution in [3.63, 3.8) is 0 Å². The second kappa shape index (κ2) is 10.9. The average molecular weight is 497 g/mol. The van der Waals surface area contributed by atoms with Crippen LogP contribution in [0.2, 0.25) is 0 Å². The van der Waals surface area contributed by atoms with Gasteiger partial charge in [-0.2, -0.15) is 0 Å². The number of anilines is 1. The van der Waals surface area contributed by atoms with Gasteiger partial charge in [-0.3, -0.25) is 9.59 Å². The summed E-state index contributed by atoms with van der Waals surface area (Å²) in [4.78, 5) is 28.8. The number of amides is 2. The summed E-state index contributed by atoms with van der Waals surface area (Å²) < 4.78 is 0. The van der Waals surface area contributed by atoms with Gasteiger partial charge in [0.2, 0.25) is 11.8 Å². The molecule has 0 saturated heterocycles. The Labute approximate surface area is 219 Å². The number of benzene rings is 2. The zero-order chi connectivity index (χ0) is 25.8. The van der Waals surface area contributed by atoms with E-state index in [2.05, 4.69) is 52.0 Å². The first-order valence-corrected chi connectivity index (χ1v) is 13.4. The lowest BCUT2D eigenvalue weighted by molar-refractivity contribution is -0.120. The maximum absolute atomic E-state index is 12.9. The van der Waals surface area contributed by atoms with Gasteiger partial charge >= 0.3 is 0 Å². The van der Waals surface area contributed by atoms with Crippen molar-refractivity contribution in [3.8, 4) is 22.3 Å². The van der Waals surface area contributed by atoms with E-state index in [9.17, 15) is 9.59 Å². The van der Waals surface area contributed by atoms with Crippen LogP contribution in [-0.2, 0) is 15.1 Å². The van der Waals surface area contributed by atoms with Crippen LogP contribution in [0.4, 0.5) is 5.82 Å². The molecule has 37 heavy (non-hydrogen) atoms. The Hall–Kier alpha value is -3.51. The quantitative estimate of drug-likeness (QED) is 0.386. The molecular formula is C31H36N4O2. The molecule has 2 saturated carbocycles. The Bertz CT molecular complexity index is 1240. The third-order valence-electron chi connectivity index (χ3n) is 8.00. The molecule has 2 aromatic carbocycles. The Balaban J connectivity index is 1.31. The summed E-state index contributed by atoms with van der Waals surface area (Å²) in [5.74, 6) is 0.896. The molecular weight excluding hydrogens is 460 g/mol. The van der Waals surface area contributed by atoms with E-state index in [1.54, 1.807) is 6.92 Å². The largest absolute Gasteiger partial charge is 0.354 e.